The number of nitrogens with zero attached hydrogens (tertiary/aromatic N) is 3. The van der Waals surface area contributed by atoms with E-state index in [1.54, 1.807) is 24.3 Å². The highest BCUT2D eigenvalue weighted by Gasteiger charge is 2.38. The number of amides is 2. The quantitative estimate of drug-likeness (QED) is 0.342. The van der Waals surface area contributed by atoms with Gasteiger partial charge in [0.15, 0.2) is 11.0 Å². The monoisotopic (exact) mass is 482 g/mol. The van der Waals surface area contributed by atoms with Crippen LogP contribution in [-0.4, -0.2) is 23.1 Å². The lowest BCUT2D eigenvalue weighted by molar-refractivity contribution is -0.130. The summed E-state index contributed by atoms with van der Waals surface area (Å²) in [7, 11) is 0. The predicted octanol–water partition coefficient (Wildman–Crippen LogP) is 4.30. The van der Waals surface area contributed by atoms with Gasteiger partial charge in [-0.15, -0.1) is 11.3 Å². The largest absolute Gasteiger partial charge is 0.301 e. The number of rotatable bonds is 3. The Labute approximate surface area is 183 Å². The van der Waals surface area contributed by atoms with Crippen molar-refractivity contribution in [2.45, 2.75) is 0 Å². The Morgan fingerprint density at radius 1 is 1.21 bits per heavy atom. The highest BCUT2D eigenvalue weighted by Crippen LogP contribution is 2.37. The lowest BCUT2D eigenvalue weighted by Gasteiger charge is -2.30. The van der Waals surface area contributed by atoms with E-state index in [0.717, 1.165) is 14.6 Å². The van der Waals surface area contributed by atoms with Gasteiger partial charge in [0.1, 0.15) is 11.1 Å². The number of carbonyl (C=O) groups is 2. The number of halogens is 1. The topological polar surface area (TPSA) is 85.6 Å². The molecule has 9 heteroatoms. The number of benzene rings is 2. The lowest BCUT2D eigenvalue weighted by Crippen LogP contribution is -2.58. The molecule has 0 aliphatic carbocycles. The van der Waals surface area contributed by atoms with E-state index in [1.807, 2.05) is 24.3 Å². The van der Waals surface area contributed by atoms with Crippen LogP contribution in [0.1, 0.15) is 5.56 Å². The molecule has 0 saturated carbocycles. The van der Waals surface area contributed by atoms with Gasteiger partial charge in [0, 0.05) is 20.8 Å². The van der Waals surface area contributed by atoms with Crippen molar-refractivity contribution < 1.29 is 9.59 Å². The molecule has 3 aromatic rings. The van der Waals surface area contributed by atoms with Crippen molar-refractivity contribution >= 4 is 83.4 Å². The second kappa shape index (κ2) is 7.83. The summed E-state index contributed by atoms with van der Waals surface area (Å²) in [5, 5.41) is 13.3. The van der Waals surface area contributed by atoms with Crippen molar-refractivity contribution in [3.05, 3.63) is 58.6 Å². The second-order valence-corrected chi connectivity index (χ2v) is 8.42. The molecule has 1 fully saturated rings. The summed E-state index contributed by atoms with van der Waals surface area (Å²) < 4.78 is 1.76. The zero-order valence-electron chi connectivity index (χ0n) is 14.6. The van der Waals surface area contributed by atoms with Gasteiger partial charge in [-0.3, -0.25) is 14.5 Å². The Bertz CT molecular complexity index is 1230. The zero-order chi connectivity index (χ0) is 20.5. The van der Waals surface area contributed by atoms with Crippen LogP contribution in [-0.2, 0) is 9.59 Å². The first-order valence-electron chi connectivity index (χ1n) is 8.40. The lowest BCUT2D eigenvalue weighted by atomic mass is 10.1. The second-order valence-electron chi connectivity index (χ2n) is 6.09. The van der Waals surface area contributed by atoms with Gasteiger partial charge in [-0.05, 0) is 42.5 Å². The summed E-state index contributed by atoms with van der Waals surface area (Å²) in [5.41, 5.74) is 0.965. The van der Waals surface area contributed by atoms with Gasteiger partial charge in [-0.25, -0.2) is 4.99 Å². The summed E-state index contributed by atoms with van der Waals surface area (Å²) in [6.45, 7) is 0. The van der Waals surface area contributed by atoms with E-state index in [9.17, 15) is 14.9 Å². The minimum atomic E-state index is -1.15. The molecule has 4 rings (SSSR count). The molecule has 0 spiro atoms. The van der Waals surface area contributed by atoms with Crippen LogP contribution in [0.4, 0.5) is 10.7 Å². The number of nitrogens with one attached hydrogen (secondary N) is 1. The Balaban J connectivity index is 1.68. The van der Waals surface area contributed by atoms with Crippen LogP contribution in [0, 0.1) is 17.2 Å². The number of thiophene rings is 1. The molecule has 1 atom stereocenters. The van der Waals surface area contributed by atoms with Crippen LogP contribution < -0.4 is 10.2 Å². The highest BCUT2D eigenvalue weighted by molar-refractivity contribution is 9.10. The molecule has 1 aromatic heterocycles. The van der Waals surface area contributed by atoms with Crippen LogP contribution in [0.25, 0.3) is 10.1 Å². The number of nitriles is 1. The maximum absolute atomic E-state index is 13.0. The zero-order valence-corrected chi connectivity index (χ0v) is 17.8. The first-order chi connectivity index (χ1) is 14.0. The molecule has 6 nitrogen and oxygen atoms in total. The Kier molecular flexibility index (Phi) is 5.24. The molecular formula is C20H11BrN4O2S2. The number of carbonyl (C=O) groups excluding carboxylic acids is 2. The number of fused-ring (bicyclic) bond motifs is 1. The normalized spacial score (nSPS) is 17.0. The van der Waals surface area contributed by atoms with E-state index in [1.165, 1.54) is 22.5 Å². The minimum absolute atomic E-state index is 0.0200. The average molecular weight is 483 g/mol. The molecular weight excluding hydrogens is 472 g/mol. The van der Waals surface area contributed by atoms with Crippen molar-refractivity contribution in [1.82, 2.24) is 5.32 Å². The van der Waals surface area contributed by atoms with E-state index >= 15 is 0 Å². The van der Waals surface area contributed by atoms with Crippen LogP contribution in [0.5, 0.6) is 0 Å². The highest BCUT2D eigenvalue weighted by atomic mass is 79.9. The summed E-state index contributed by atoms with van der Waals surface area (Å²) >= 11 is 9.86. The standard InChI is InChI=1S/C20H11BrN4O2S2/c21-11-5-7-12(8-6-11)25-19(27)15(17(26)24-20(25)28)10-23-18-14(9-22)13-3-1-2-4-16(13)29-18/h1-8,10,15H,(H,24,26,28)/t15-/m1/s1. The average Bonchev–Trinajstić information content (AvgIpc) is 3.06. The molecule has 0 radical (unpaired) electrons. The van der Waals surface area contributed by atoms with Crippen LogP contribution in [0.2, 0.25) is 0 Å². The molecule has 142 valence electrons. The number of thiocarbonyl (C=S) groups is 1. The number of aliphatic imine (C=N–C) groups is 1. The van der Waals surface area contributed by atoms with E-state index in [-0.39, 0.29) is 5.11 Å². The maximum Gasteiger partial charge on any atom is 0.251 e. The van der Waals surface area contributed by atoms with Gasteiger partial charge in [0.2, 0.25) is 5.91 Å². The van der Waals surface area contributed by atoms with E-state index in [4.69, 9.17) is 12.2 Å². The fraction of sp³-hybridized carbons (Fsp3) is 0.0500. The van der Waals surface area contributed by atoms with Gasteiger partial charge in [-0.1, -0.05) is 34.1 Å². The Morgan fingerprint density at radius 3 is 2.66 bits per heavy atom. The molecule has 1 aliphatic heterocycles. The summed E-state index contributed by atoms with van der Waals surface area (Å²) in [6.07, 6.45) is 1.27. The Hall–Kier alpha value is -2.93. The van der Waals surface area contributed by atoms with Crippen LogP contribution >= 0.6 is 39.5 Å². The molecule has 1 saturated heterocycles. The fourth-order valence-electron chi connectivity index (χ4n) is 2.93. The molecule has 2 heterocycles. The maximum atomic E-state index is 13.0. The predicted molar refractivity (Wildman–Crippen MR) is 121 cm³/mol. The number of anilines is 1. The minimum Gasteiger partial charge on any atom is -0.301 e. The molecule has 29 heavy (non-hydrogen) atoms. The summed E-state index contributed by atoms with van der Waals surface area (Å²) in [5.74, 6) is -2.19. The number of hydrogen-bond donors (Lipinski definition) is 1. The van der Waals surface area contributed by atoms with Gasteiger partial charge < -0.3 is 5.32 Å². The SMILES string of the molecule is N#Cc1c(N=C[C@@H]2C(=O)NC(=S)N(c3ccc(Br)cc3)C2=O)sc2ccccc12. The van der Waals surface area contributed by atoms with Crippen molar-refractivity contribution in [3.8, 4) is 6.07 Å². The summed E-state index contributed by atoms with van der Waals surface area (Å²) in [6, 6.07) is 16.6. The van der Waals surface area contributed by atoms with Crippen molar-refractivity contribution in [2.75, 3.05) is 4.90 Å². The van der Waals surface area contributed by atoms with Crippen LogP contribution in [0.3, 0.4) is 0 Å². The van der Waals surface area contributed by atoms with E-state index in [2.05, 4.69) is 32.3 Å². The van der Waals surface area contributed by atoms with Crippen molar-refractivity contribution in [3.63, 3.8) is 0 Å². The van der Waals surface area contributed by atoms with Gasteiger partial charge >= 0.3 is 0 Å². The Morgan fingerprint density at radius 2 is 1.93 bits per heavy atom. The molecule has 1 N–H and O–H groups in total. The van der Waals surface area contributed by atoms with E-state index in [0.29, 0.717) is 16.3 Å². The third-order valence-corrected chi connectivity index (χ3v) is 6.21. The van der Waals surface area contributed by atoms with Crippen LogP contribution in [0.15, 0.2) is 58.0 Å². The van der Waals surface area contributed by atoms with Gasteiger partial charge in [-0.2, -0.15) is 5.26 Å². The first kappa shape index (κ1) is 19.4. The van der Waals surface area contributed by atoms with Crippen molar-refractivity contribution in [2.24, 2.45) is 10.9 Å². The third-order valence-electron chi connectivity index (χ3n) is 4.32. The molecule has 2 amide bonds. The third kappa shape index (κ3) is 3.58. The first-order valence-corrected chi connectivity index (χ1v) is 10.4. The number of hydrogen-bond acceptors (Lipinski definition) is 6. The fourth-order valence-corrected chi connectivity index (χ4v) is 4.50. The smallest absolute Gasteiger partial charge is 0.251 e. The molecule has 0 bridgehead atoms. The molecule has 2 aromatic carbocycles. The van der Waals surface area contributed by atoms with E-state index < -0.39 is 17.7 Å². The molecule has 1 aliphatic rings. The molecule has 0 unspecified atom stereocenters. The summed E-state index contributed by atoms with van der Waals surface area (Å²) in [4.78, 5) is 31.0. The van der Waals surface area contributed by atoms with Gasteiger partial charge in [0.05, 0.1) is 11.3 Å². The van der Waals surface area contributed by atoms with Crippen molar-refractivity contribution in [1.29, 1.82) is 5.26 Å². The van der Waals surface area contributed by atoms with Gasteiger partial charge in [0.25, 0.3) is 5.91 Å².